The molecule has 0 radical (unpaired) electrons. The largest absolute Gasteiger partial charge is 0.489 e. The lowest BCUT2D eigenvalue weighted by atomic mass is 10.1. The predicted octanol–water partition coefficient (Wildman–Crippen LogP) is 1.65. The van der Waals surface area contributed by atoms with Crippen LogP contribution in [0.15, 0.2) is 48.8 Å². The molecule has 0 amide bonds. The molecule has 0 aliphatic carbocycles. The van der Waals surface area contributed by atoms with E-state index in [0.717, 1.165) is 11.1 Å². The molecule has 4 nitrogen and oxygen atoms in total. The Balaban J connectivity index is 2.10. The number of hydrogen-bond acceptors (Lipinski definition) is 4. The molecule has 94 valence electrons. The number of ether oxygens (including phenoxy) is 1. The molecule has 18 heavy (non-hydrogen) atoms. The van der Waals surface area contributed by atoms with Crippen molar-refractivity contribution in [3.8, 4) is 5.75 Å². The van der Waals surface area contributed by atoms with Crippen LogP contribution in [0.1, 0.15) is 17.2 Å². The molecule has 1 aromatic heterocycles. The Labute approximate surface area is 106 Å². The minimum atomic E-state index is -0.421. The molecule has 0 spiro atoms. The monoisotopic (exact) mass is 244 g/mol. The van der Waals surface area contributed by atoms with Crippen LogP contribution in [0.3, 0.4) is 0 Å². The van der Waals surface area contributed by atoms with E-state index < -0.39 is 6.04 Å². The topological polar surface area (TPSA) is 68.4 Å². The molecule has 3 N–H and O–H groups in total. The lowest BCUT2D eigenvalue weighted by Crippen LogP contribution is -2.15. The first-order valence-corrected chi connectivity index (χ1v) is 5.78. The van der Waals surface area contributed by atoms with E-state index in [4.69, 9.17) is 15.6 Å². The molecule has 0 bridgehead atoms. The van der Waals surface area contributed by atoms with Gasteiger partial charge in [-0.3, -0.25) is 4.98 Å². The zero-order valence-corrected chi connectivity index (χ0v) is 9.99. The molecule has 4 heteroatoms. The van der Waals surface area contributed by atoms with E-state index >= 15 is 0 Å². The van der Waals surface area contributed by atoms with Gasteiger partial charge in [0, 0.05) is 23.5 Å². The third-order valence-corrected chi connectivity index (χ3v) is 2.63. The van der Waals surface area contributed by atoms with Crippen molar-refractivity contribution in [1.29, 1.82) is 0 Å². The van der Waals surface area contributed by atoms with Crippen molar-refractivity contribution in [3.63, 3.8) is 0 Å². The molecule has 0 saturated heterocycles. The smallest absolute Gasteiger partial charge is 0.124 e. The van der Waals surface area contributed by atoms with Crippen molar-refractivity contribution in [2.24, 2.45) is 5.73 Å². The van der Waals surface area contributed by atoms with Crippen molar-refractivity contribution >= 4 is 0 Å². The van der Waals surface area contributed by atoms with Gasteiger partial charge < -0.3 is 15.6 Å². The summed E-state index contributed by atoms with van der Waals surface area (Å²) in [5.74, 6) is 0.697. The molecule has 0 aliphatic heterocycles. The van der Waals surface area contributed by atoms with E-state index in [1.807, 2.05) is 36.4 Å². The molecule has 1 atom stereocenters. The fourth-order valence-electron chi connectivity index (χ4n) is 1.66. The maximum atomic E-state index is 9.11. The van der Waals surface area contributed by atoms with E-state index in [1.165, 1.54) is 0 Å². The SMILES string of the molecule is N[C@@H](CO)c1ccccc1OCc1cccnc1. The quantitative estimate of drug-likeness (QED) is 0.839. The van der Waals surface area contributed by atoms with Crippen LogP contribution in [0.4, 0.5) is 0 Å². The highest BCUT2D eigenvalue weighted by Gasteiger charge is 2.10. The minimum Gasteiger partial charge on any atom is -0.489 e. The number of benzene rings is 1. The van der Waals surface area contributed by atoms with Crippen LogP contribution >= 0.6 is 0 Å². The van der Waals surface area contributed by atoms with Gasteiger partial charge in [-0.05, 0) is 12.1 Å². The van der Waals surface area contributed by atoms with Gasteiger partial charge in [0.1, 0.15) is 12.4 Å². The fraction of sp³-hybridized carbons (Fsp3) is 0.214. The zero-order valence-electron chi connectivity index (χ0n) is 9.99. The van der Waals surface area contributed by atoms with Crippen LogP contribution in [0, 0.1) is 0 Å². The predicted molar refractivity (Wildman–Crippen MR) is 69.0 cm³/mol. The van der Waals surface area contributed by atoms with E-state index in [1.54, 1.807) is 12.4 Å². The van der Waals surface area contributed by atoms with Crippen molar-refractivity contribution in [3.05, 3.63) is 59.9 Å². The number of pyridine rings is 1. The van der Waals surface area contributed by atoms with Crippen molar-refractivity contribution < 1.29 is 9.84 Å². The van der Waals surface area contributed by atoms with E-state index in [2.05, 4.69) is 4.98 Å². The summed E-state index contributed by atoms with van der Waals surface area (Å²) in [6.07, 6.45) is 3.48. The maximum Gasteiger partial charge on any atom is 0.124 e. The Morgan fingerprint density at radius 2 is 2.06 bits per heavy atom. The van der Waals surface area contributed by atoms with Crippen LogP contribution in [0.2, 0.25) is 0 Å². The lowest BCUT2D eigenvalue weighted by molar-refractivity contribution is 0.257. The summed E-state index contributed by atoms with van der Waals surface area (Å²) in [5.41, 5.74) is 7.62. The van der Waals surface area contributed by atoms with Crippen molar-refractivity contribution in [2.45, 2.75) is 12.6 Å². The summed E-state index contributed by atoms with van der Waals surface area (Å²) in [7, 11) is 0. The van der Waals surface area contributed by atoms with Crippen molar-refractivity contribution in [2.75, 3.05) is 6.61 Å². The molecular weight excluding hydrogens is 228 g/mol. The number of aliphatic hydroxyl groups excluding tert-OH is 1. The second-order valence-electron chi connectivity index (χ2n) is 3.98. The standard InChI is InChI=1S/C14H16N2O2/c15-13(9-17)12-5-1-2-6-14(12)18-10-11-4-3-7-16-8-11/h1-8,13,17H,9-10,15H2/t13-/m0/s1. The van der Waals surface area contributed by atoms with E-state index in [0.29, 0.717) is 12.4 Å². The number of rotatable bonds is 5. The molecule has 0 saturated carbocycles. The number of hydrogen-bond donors (Lipinski definition) is 2. The molecule has 2 aromatic rings. The fourth-order valence-corrected chi connectivity index (χ4v) is 1.66. The summed E-state index contributed by atoms with van der Waals surface area (Å²) < 4.78 is 5.72. The summed E-state index contributed by atoms with van der Waals surface area (Å²) in [5, 5.41) is 9.11. The highest BCUT2D eigenvalue weighted by atomic mass is 16.5. The van der Waals surface area contributed by atoms with Crippen LogP contribution in [-0.2, 0) is 6.61 Å². The summed E-state index contributed by atoms with van der Waals surface area (Å²) in [6, 6.07) is 10.9. The molecule has 0 unspecified atom stereocenters. The highest BCUT2D eigenvalue weighted by molar-refractivity contribution is 5.36. The first kappa shape index (κ1) is 12.5. The van der Waals surface area contributed by atoms with Crippen LogP contribution < -0.4 is 10.5 Å². The Morgan fingerprint density at radius 3 is 2.78 bits per heavy atom. The molecule has 2 rings (SSSR count). The van der Waals surface area contributed by atoms with Gasteiger partial charge >= 0.3 is 0 Å². The van der Waals surface area contributed by atoms with Gasteiger partial charge in [0.15, 0.2) is 0 Å². The number of para-hydroxylation sites is 1. The number of nitrogens with two attached hydrogens (primary N) is 1. The average Bonchev–Trinajstić information content (AvgIpc) is 2.45. The van der Waals surface area contributed by atoms with Gasteiger partial charge in [-0.25, -0.2) is 0 Å². The minimum absolute atomic E-state index is 0.104. The first-order valence-electron chi connectivity index (χ1n) is 5.78. The number of aliphatic hydroxyl groups is 1. The van der Waals surface area contributed by atoms with Gasteiger partial charge in [-0.1, -0.05) is 24.3 Å². The van der Waals surface area contributed by atoms with Gasteiger partial charge in [0.2, 0.25) is 0 Å². The van der Waals surface area contributed by atoms with E-state index in [-0.39, 0.29) is 6.61 Å². The molecule has 1 aromatic carbocycles. The molecule has 1 heterocycles. The highest BCUT2D eigenvalue weighted by Crippen LogP contribution is 2.24. The normalized spacial score (nSPS) is 12.1. The number of nitrogens with zero attached hydrogens (tertiary/aromatic N) is 1. The molecule has 0 fully saturated rings. The Bertz CT molecular complexity index is 488. The van der Waals surface area contributed by atoms with Crippen LogP contribution in [-0.4, -0.2) is 16.7 Å². The molecular formula is C14H16N2O2. The first-order chi connectivity index (χ1) is 8.81. The maximum absolute atomic E-state index is 9.11. The van der Waals surface area contributed by atoms with Crippen LogP contribution in [0.25, 0.3) is 0 Å². The Morgan fingerprint density at radius 1 is 1.22 bits per heavy atom. The molecule has 0 aliphatic rings. The Kier molecular flexibility index (Phi) is 4.28. The second kappa shape index (κ2) is 6.14. The second-order valence-corrected chi connectivity index (χ2v) is 3.98. The van der Waals surface area contributed by atoms with Crippen LogP contribution in [0.5, 0.6) is 5.75 Å². The summed E-state index contributed by atoms with van der Waals surface area (Å²) in [4.78, 5) is 4.03. The lowest BCUT2D eigenvalue weighted by Gasteiger charge is -2.15. The summed E-state index contributed by atoms with van der Waals surface area (Å²) in [6.45, 7) is 0.330. The average molecular weight is 244 g/mol. The summed E-state index contributed by atoms with van der Waals surface area (Å²) >= 11 is 0. The number of aromatic nitrogens is 1. The van der Waals surface area contributed by atoms with Gasteiger partial charge in [-0.2, -0.15) is 0 Å². The Hall–Kier alpha value is -1.91. The van der Waals surface area contributed by atoms with Gasteiger partial charge in [0.05, 0.1) is 12.6 Å². The zero-order chi connectivity index (χ0) is 12.8. The van der Waals surface area contributed by atoms with E-state index in [9.17, 15) is 0 Å². The third-order valence-electron chi connectivity index (χ3n) is 2.63. The van der Waals surface area contributed by atoms with Gasteiger partial charge in [0.25, 0.3) is 0 Å². The van der Waals surface area contributed by atoms with Crippen molar-refractivity contribution in [1.82, 2.24) is 4.98 Å². The third kappa shape index (κ3) is 3.06. The van der Waals surface area contributed by atoms with Gasteiger partial charge in [-0.15, -0.1) is 0 Å².